The molecule has 0 unspecified atom stereocenters. The van der Waals surface area contributed by atoms with Gasteiger partial charge in [0.1, 0.15) is 5.75 Å². The van der Waals surface area contributed by atoms with Crippen LogP contribution >= 0.6 is 11.3 Å². The summed E-state index contributed by atoms with van der Waals surface area (Å²) in [5, 5.41) is 11.5. The number of thiophene rings is 1. The fourth-order valence-electron chi connectivity index (χ4n) is 1.59. The number of aliphatic hydroxyl groups is 1. The zero-order valence-corrected chi connectivity index (χ0v) is 10.6. The van der Waals surface area contributed by atoms with Gasteiger partial charge in [0.05, 0.1) is 12.7 Å². The van der Waals surface area contributed by atoms with Crippen LogP contribution in [-0.4, -0.2) is 11.7 Å². The predicted octanol–water partition coefficient (Wildman–Crippen LogP) is 3.42. The minimum Gasteiger partial charge on any atom is -0.493 e. The largest absolute Gasteiger partial charge is 0.493 e. The van der Waals surface area contributed by atoms with Crippen molar-refractivity contribution in [3.05, 3.63) is 52.2 Å². The maximum atomic E-state index is 9.47. The first kappa shape index (κ1) is 12.1. The fraction of sp³-hybridized carbons (Fsp3) is 0.286. The van der Waals surface area contributed by atoms with Gasteiger partial charge in [-0.15, -0.1) is 11.3 Å². The Hall–Kier alpha value is -1.32. The van der Waals surface area contributed by atoms with Crippen molar-refractivity contribution in [1.82, 2.24) is 0 Å². The summed E-state index contributed by atoms with van der Waals surface area (Å²) in [4.78, 5) is 1.33. The van der Waals surface area contributed by atoms with E-state index in [4.69, 9.17) is 4.74 Å². The number of benzene rings is 1. The van der Waals surface area contributed by atoms with Crippen molar-refractivity contribution in [1.29, 1.82) is 0 Å². The normalized spacial score (nSPS) is 12.4. The molecule has 0 fully saturated rings. The van der Waals surface area contributed by atoms with Gasteiger partial charge in [-0.2, -0.15) is 0 Å². The highest BCUT2D eigenvalue weighted by atomic mass is 32.1. The van der Waals surface area contributed by atoms with Crippen LogP contribution in [0.5, 0.6) is 5.75 Å². The van der Waals surface area contributed by atoms with Crippen LogP contribution in [0.4, 0.5) is 0 Å². The smallest absolute Gasteiger partial charge is 0.119 e. The van der Waals surface area contributed by atoms with Crippen molar-refractivity contribution in [2.75, 3.05) is 6.61 Å². The van der Waals surface area contributed by atoms with Crippen molar-refractivity contribution in [3.63, 3.8) is 0 Å². The third kappa shape index (κ3) is 3.58. The molecule has 2 aromatic rings. The minimum absolute atomic E-state index is 0.448. The van der Waals surface area contributed by atoms with E-state index < -0.39 is 6.10 Å². The Labute approximate surface area is 105 Å². The SMILES string of the molecule is C[C@H](O)c1cccc(OCCc2cccs2)c1. The molecule has 0 aliphatic carbocycles. The van der Waals surface area contributed by atoms with Crippen LogP contribution in [0.2, 0.25) is 0 Å². The molecule has 1 aromatic carbocycles. The predicted molar refractivity (Wildman–Crippen MR) is 70.6 cm³/mol. The number of hydrogen-bond donors (Lipinski definition) is 1. The topological polar surface area (TPSA) is 29.5 Å². The van der Waals surface area contributed by atoms with Gasteiger partial charge in [-0.05, 0) is 36.1 Å². The van der Waals surface area contributed by atoms with Crippen LogP contribution in [0.3, 0.4) is 0 Å². The summed E-state index contributed by atoms with van der Waals surface area (Å²) in [7, 11) is 0. The molecule has 90 valence electrons. The molecule has 2 rings (SSSR count). The highest BCUT2D eigenvalue weighted by Gasteiger charge is 2.02. The van der Waals surface area contributed by atoms with Gasteiger partial charge in [-0.3, -0.25) is 0 Å². The molecular weight excluding hydrogens is 232 g/mol. The van der Waals surface area contributed by atoms with E-state index in [0.29, 0.717) is 6.61 Å². The Bertz CT molecular complexity index is 449. The van der Waals surface area contributed by atoms with Gasteiger partial charge >= 0.3 is 0 Å². The molecule has 1 atom stereocenters. The maximum absolute atomic E-state index is 9.47. The molecular formula is C14H16O2S. The van der Waals surface area contributed by atoms with Crippen molar-refractivity contribution < 1.29 is 9.84 Å². The molecule has 0 bridgehead atoms. The molecule has 0 aliphatic rings. The second-order valence-corrected chi connectivity index (χ2v) is 4.96. The van der Waals surface area contributed by atoms with E-state index in [1.54, 1.807) is 18.3 Å². The molecule has 2 nitrogen and oxygen atoms in total. The Kier molecular flexibility index (Phi) is 4.18. The molecule has 0 amide bonds. The van der Waals surface area contributed by atoms with E-state index in [9.17, 15) is 5.11 Å². The highest BCUT2D eigenvalue weighted by molar-refractivity contribution is 7.09. The van der Waals surface area contributed by atoms with Crippen molar-refractivity contribution in [3.8, 4) is 5.75 Å². The summed E-state index contributed by atoms with van der Waals surface area (Å²) in [5.41, 5.74) is 0.888. The van der Waals surface area contributed by atoms with E-state index in [1.165, 1.54) is 4.88 Å². The second-order valence-electron chi connectivity index (χ2n) is 3.93. The Morgan fingerprint density at radius 3 is 2.88 bits per heavy atom. The molecule has 0 radical (unpaired) electrons. The van der Waals surface area contributed by atoms with E-state index >= 15 is 0 Å². The van der Waals surface area contributed by atoms with Gasteiger partial charge in [0, 0.05) is 11.3 Å². The first-order valence-corrected chi connectivity index (χ1v) is 6.57. The third-order valence-corrected chi connectivity index (χ3v) is 3.47. The van der Waals surface area contributed by atoms with Gasteiger partial charge in [-0.25, -0.2) is 0 Å². The summed E-state index contributed by atoms with van der Waals surface area (Å²) in [6.45, 7) is 2.43. The van der Waals surface area contributed by atoms with Crippen LogP contribution in [-0.2, 0) is 6.42 Å². The van der Waals surface area contributed by atoms with Gasteiger partial charge in [0.15, 0.2) is 0 Å². The molecule has 3 heteroatoms. The summed E-state index contributed by atoms with van der Waals surface area (Å²) in [6, 6.07) is 11.8. The first-order chi connectivity index (χ1) is 8.25. The van der Waals surface area contributed by atoms with E-state index in [0.717, 1.165) is 17.7 Å². The zero-order valence-electron chi connectivity index (χ0n) is 9.80. The lowest BCUT2D eigenvalue weighted by molar-refractivity contribution is 0.198. The average molecular weight is 248 g/mol. The summed E-state index contributed by atoms with van der Waals surface area (Å²) < 4.78 is 5.67. The van der Waals surface area contributed by atoms with Gasteiger partial charge in [0.25, 0.3) is 0 Å². The van der Waals surface area contributed by atoms with E-state index in [-0.39, 0.29) is 0 Å². The molecule has 0 saturated heterocycles. The summed E-state index contributed by atoms with van der Waals surface area (Å²) >= 11 is 1.75. The Morgan fingerprint density at radius 1 is 1.29 bits per heavy atom. The lowest BCUT2D eigenvalue weighted by Gasteiger charge is -2.09. The monoisotopic (exact) mass is 248 g/mol. The molecule has 17 heavy (non-hydrogen) atoms. The van der Waals surface area contributed by atoms with Crippen molar-refractivity contribution >= 4 is 11.3 Å². The molecule has 0 spiro atoms. The van der Waals surface area contributed by atoms with Crippen LogP contribution in [0.1, 0.15) is 23.5 Å². The van der Waals surface area contributed by atoms with Gasteiger partial charge in [-0.1, -0.05) is 18.2 Å². The molecule has 0 aliphatic heterocycles. The molecule has 1 aromatic heterocycles. The number of aliphatic hydroxyl groups excluding tert-OH is 1. The van der Waals surface area contributed by atoms with Crippen LogP contribution in [0.25, 0.3) is 0 Å². The van der Waals surface area contributed by atoms with Crippen LogP contribution in [0, 0.1) is 0 Å². The minimum atomic E-state index is -0.448. The zero-order chi connectivity index (χ0) is 12.1. The molecule has 0 saturated carbocycles. The lowest BCUT2D eigenvalue weighted by atomic mass is 10.1. The van der Waals surface area contributed by atoms with Crippen molar-refractivity contribution in [2.45, 2.75) is 19.4 Å². The lowest BCUT2D eigenvalue weighted by Crippen LogP contribution is -2.01. The summed E-state index contributed by atoms with van der Waals surface area (Å²) in [5.74, 6) is 0.819. The number of rotatable bonds is 5. The average Bonchev–Trinajstić information content (AvgIpc) is 2.82. The standard InChI is InChI=1S/C14H16O2S/c1-11(15)12-4-2-5-13(10-12)16-8-7-14-6-3-9-17-14/h2-6,9-11,15H,7-8H2,1H3/t11-/m0/s1. The van der Waals surface area contributed by atoms with Gasteiger partial charge in [0.2, 0.25) is 0 Å². The molecule has 1 heterocycles. The number of ether oxygens (including phenoxy) is 1. The third-order valence-electron chi connectivity index (χ3n) is 2.54. The fourth-order valence-corrected chi connectivity index (χ4v) is 2.28. The quantitative estimate of drug-likeness (QED) is 0.878. The second kappa shape index (κ2) is 5.84. The highest BCUT2D eigenvalue weighted by Crippen LogP contribution is 2.19. The van der Waals surface area contributed by atoms with Crippen LogP contribution in [0.15, 0.2) is 41.8 Å². The van der Waals surface area contributed by atoms with Crippen LogP contribution < -0.4 is 4.74 Å². The van der Waals surface area contributed by atoms with Crippen molar-refractivity contribution in [2.24, 2.45) is 0 Å². The maximum Gasteiger partial charge on any atom is 0.119 e. The summed E-state index contributed by atoms with van der Waals surface area (Å²) in [6.07, 6.45) is 0.479. The Balaban J connectivity index is 1.88. The molecule has 1 N–H and O–H groups in total. The first-order valence-electron chi connectivity index (χ1n) is 5.69. The van der Waals surface area contributed by atoms with E-state index in [1.807, 2.05) is 30.3 Å². The van der Waals surface area contributed by atoms with E-state index in [2.05, 4.69) is 11.4 Å². The van der Waals surface area contributed by atoms with Gasteiger partial charge < -0.3 is 9.84 Å². The number of hydrogen-bond acceptors (Lipinski definition) is 3. The Morgan fingerprint density at radius 2 is 2.18 bits per heavy atom.